The van der Waals surface area contributed by atoms with E-state index in [1.807, 2.05) is 5.32 Å². The third kappa shape index (κ3) is 3.09. The minimum Gasteiger partial charge on any atom is -0.476 e. The van der Waals surface area contributed by atoms with Crippen LogP contribution >= 0.6 is 0 Å². The fourth-order valence-corrected chi connectivity index (χ4v) is 1.80. The summed E-state index contributed by atoms with van der Waals surface area (Å²) in [6.07, 6.45) is 0.549. The van der Waals surface area contributed by atoms with Crippen molar-refractivity contribution in [3.05, 3.63) is 11.9 Å². The van der Waals surface area contributed by atoms with E-state index in [2.05, 4.69) is 15.0 Å². The van der Waals surface area contributed by atoms with Gasteiger partial charge in [-0.15, -0.1) is 5.10 Å². The molecule has 10 nitrogen and oxygen atoms in total. The van der Waals surface area contributed by atoms with Crippen LogP contribution in [-0.4, -0.2) is 69.7 Å². The number of rotatable bonds is 4. The van der Waals surface area contributed by atoms with Crippen LogP contribution in [0.3, 0.4) is 0 Å². The van der Waals surface area contributed by atoms with Crippen molar-refractivity contribution in [3.63, 3.8) is 0 Å². The SMILES string of the molecule is COC(=O)NC(=O)CN1CC(n2cc(C(=O)O)nn2)C1. The molecule has 0 spiro atoms. The average Bonchev–Trinajstić information content (AvgIpc) is 2.82. The zero-order chi connectivity index (χ0) is 14.7. The molecule has 1 fully saturated rings. The van der Waals surface area contributed by atoms with E-state index < -0.39 is 18.0 Å². The van der Waals surface area contributed by atoms with Crippen LogP contribution in [0.4, 0.5) is 4.79 Å². The molecule has 0 atom stereocenters. The summed E-state index contributed by atoms with van der Waals surface area (Å²) in [5, 5.41) is 18.0. The minimum atomic E-state index is -1.13. The van der Waals surface area contributed by atoms with Gasteiger partial charge in [-0.1, -0.05) is 5.21 Å². The number of carbonyl (C=O) groups excluding carboxylic acids is 2. The number of alkyl carbamates (subject to hydrolysis) is 1. The second kappa shape index (κ2) is 5.65. The van der Waals surface area contributed by atoms with Crippen molar-refractivity contribution >= 4 is 18.0 Å². The molecule has 1 saturated heterocycles. The molecule has 20 heavy (non-hydrogen) atoms. The van der Waals surface area contributed by atoms with Gasteiger partial charge in [-0.05, 0) is 0 Å². The quantitative estimate of drug-likeness (QED) is 0.699. The van der Waals surface area contributed by atoms with E-state index in [1.54, 1.807) is 4.90 Å². The number of hydrogen-bond acceptors (Lipinski definition) is 7. The molecule has 10 heteroatoms. The summed E-state index contributed by atoms with van der Waals surface area (Å²) in [6.45, 7) is 1.11. The number of likely N-dealkylation sites (tertiary alicyclic amines) is 1. The fourth-order valence-electron chi connectivity index (χ4n) is 1.80. The summed E-state index contributed by atoms with van der Waals surface area (Å²) in [5.41, 5.74) is -0.119. The highest BCUT2D eigenvalue weighted by Gasteiger charge is 2.31. The molecule has 2 amide bonds. The third-order valence-corrected chi connectivity index (χ3v) is 2.84. The molecule has 0 saturated carbocycles. The topological polar surface area (TPSA) is 127 Å². The number of carboxylic acids is 1. The zero-order valence-electron chi connectivity index (χ0n) is 10.6. The summed E-state index contributed by atoms with van der Waals surface area (Å²) in [7, 11) is 1.17. The van der Waals surface area contributed by atoms with Crippen LogP contribution in [0.25, 0.3) is 0 Å². The summed E-state index contributed by atoms with van der Waals surface area (Å²) in [4.78, 5) is 34.6. The van der Waals surface area contributed by atoms with Crippen LogP contribution in [0.1, 0.15) is 16.5 Å². The predicted molar refractivity (Wildman–Crippen MR) is 63.0 cm³/mol. The molecular formula is C10H13N5O5. The van der Waals surface area contributed by atoms with E-state index in [0.29, 0.717) is 13.1 Å². The number of imide groups is 1. The second-order valence-corrected chi connectivity index (χ2v) is 4.28. The highest BCUT2D eigenvalue weighted by atomic mass is 16.5. The Morgan fingerprint density at radius 3 is 2.75 bits per heavy atom. The first kappa shape index (κ1) is 13.9. The van der Waals surface area contributed by atoms with Crippen LogP contribution in [0.2, 0.25) is 0 Å². The molecule has 1 aliphatic rings. The van der Waals surface area contributed by atoms with E-state index in [1.165, 1.54) is 18.0 Å². The summed E-state index contributed by atoms with van der Waals surface area (Å²) in [5.74, 6) is -1.59. The Labute approximate surface area is 113 Å². The van der Waals surface area contributed by atoms with Crippen LogP contribution < -0.4 is 5.32 Å². The molecule has 0 unspecified atom stereocenters. The Balaban J connectivity index is 1.78. The smallest absolute Gasteiger partial charge is 0.413 e. The van der Waals surface area contributed by atoms with Crippen molar-refractivity contribution in [2.24, 2.45) is 0 Å². The maximum Gasteiger partial charge on any atom is 0.413 e. The molecule has 0 aromatic carbocycles. The molecule has 0 radical (unpaired) electrons. The van der Waals surface area contributed by atoms with E-state index in [9.17, 15) is 14.4 Å². The first-order valence-electron chi connectivity index (χ1n) is 5.75. The molecule has 0 aliphatic carbocycles. The van der Waals surface area contributed by atoms with Crippen LogP contribution in [0.5, 0.6) is 0 Å². The molecule has 1 aromatic rings. The highest BCUT2D eigenvalue weighted by Crippen LogP contribution is 2.19. The second-order valence-electron chi connectivity index (χ2n) is 4.28. The van der Waals surface area contributed by atoms with Crippen molar-refractivity contribution in [1.29, 1.82) is 0 Å². The zero-order valence-corrected chi connectivity index (χ0v) is 10.6. The Morgan fingerprint density at radius 2 is 2.20 bits per heavy atom. The van der Waals surface area contributed by atoms with Crippen molar-refractivity contribution in [2.45, 2.75) is 6.04 Å². The lowest BCUT2D eigenvalue weighted by Crippen LogP contribution is -2.52. The maximum atomic E-state index is 11.4. The Bertz CT molecular complexity index is 536. The van der Waals surface area contributed by atoms with Crippen molar-refractivity contribution in [1.82, 2.24) is 25.2 Å². The lowest BCUT2D eigenvalue weighted by molar-refractivity contribution is -0.123. The predicted octanol–water partition coefficient (Wildman–Crippen LogP) is -1.28. The molecule has 1 aromatic heterocycles. The van der Waals surface area contributed by atoms with Gasteiger partial charge in [0, 0.05) is 13.1 Å². The number of ether oxygens (including phenoxy) is 1. The molecular weight excluding hydrogens is 270 g/mol. The van der Waals surface area contributed by atoms with E-state index in [-0.39, 0.29) is 18.3 Å². The average molecular weight is 283 g/mol. The van der Waals surface area contributed by atoms with E-state index >= 15 is 0 Å². The number of aromatic carboxylic acids is 1. The maximum absolute atomic E-state index is 11.4. The number of carbonyl (C=O) groups is 3. The van der Waals surface area contributed by atoms with Gasteiger partial charge in [-0.25, -0.2) is 14.3 Å². The lowest BCUT2D eigenvalue weighted by Gasteiger charge is -2.38. The van der Waals surface area contributed by atoms with Gasteiger partial charge in [0.1, 0.15) is 0 Å². The normalized spacial score (nSPS) is 15.4. The molecule has 2 N–H and O–H groups in total. The summed E-state index contributed by atoms with van der Waals surface area (Å²) >= 11 is 0. The molecule has 2 heterocycles. The number of methoxy groups -OCH3 is 1. The van der Waals surface area contributed by atoms with Gasteiger partial charge in [0.15, 0.2) is 5.69 Å². The van der Waals surface area contributed by atoms with Gasteiger partial charge < -0.3 is 9.84 Å². The number of carboxylic acid groups (broad SMARTS) is 1. The van der Waals surface area contributed by atoms with Gasteiger partial charge in [-0.3, -0.25) is 15.0 Å². The Morgan fingerprint density at radius 1 is 1.50 bits per heavy atom. The number of nitrogens with zero attached hydrogens (tertiary/aromatic N) is 4. The Hall–Kier alpha value is -2.49. The van der Waals surface area contributed by atoms with Crippen molar-refractivity contribution in [2.75, 3.05) is 26.7 Å². The first-order valence-corrected chi connectivity index (χ1v) is 5.75. The van der Waals surface area contributed by atoms with Crippen molar-refractivity contribution < 1.29 is 24.2 Å². The molecule has 108 valence electrons. The molecule has 2 rings (SSSR count). The van der Waals surface area contributed by atoms with Crippen LogP contribution in [-0.2, 0) is 9.53 Å². The third-order valence-electron chi connectivity index (χ3n) is 2.84. The lowest BCUT2D eigenvalue weighted by atomic mass is 10.1. The standard InChI is InChI=1S/C10H13N5O5/c1-20-10(19)11-8(16)5-14-2-6(3-14)15-4-7(9(17)18)12-13-15/h4,6H,2-3,5H2,1H3,(H,17,18)(H,11,16,19). The van der Waals surface area contributed by atoms with Gasteiger partial charge in [0.05, 0.1) is 25.9 Å². The number of amides is 2. The van der Waals surface area contributed by atoms with Gasteiger partial charge in [0.25, 0.3) is 0 Å². The van der Waals surface area contributed by atoms with E-state index in [0.717, 1.165) is 0 Å². The number of hydrogen-bond donors (Lipinski definition) is 2. The largest absolute Gasteiger partial charge is 0.476 e. The van der Waals surface area contributed by atoms with Gasteiger partial charge >= 0.3 is 12.1 Å². The van der Waals surface area contributed by atoms with Crippen LogP contribution in [0, 0.1) is 0 Å². The Kier molecular flexibility index (Phi) is 3.94. The van der Waals surface area contributed by atoms with E-state index in [4.69, 9.17) is 5.11 Å². The molecule has 1 aliphatic heterocycles. The minimum absolute atomic E-state index is 0.0264. The highest BCUT2D eigenvalue weighted by molar-refractivity contribution is 5.92. The number of nitrogens with one attached hydrogen (secondary N) is 1. The van der Waals surface area contributed by atoms with Gasteiger partial charge in [-0.2, -0.15) is 0 Å². The van der Waals surface area contributed by atoms with Crippen LogP contribution in [0.15, 0.2) is 6.20 Å². The summed E-state index contributed by atoms with van der Waals surface area (Å²) < 4.78 is 5.76. The molecule has 0 bridgehead atoms. The van der Waals surface area contributed by atoms with Crippen molar-refractivity contribution in [3.8, 4) is 0 Å². The fraction of sp³-hybridized carbons (Fsp3) is 0.500. The first-order chi connectivity index (χ1) is 9.49. The number of aromatic nitrogens is 3. The monoisotopic (exact) mass is 283 g/mol. The summed E-state index contributed by atoms with van der Waals surface area (Å²) in [6, 6.07) is -0.0264. The van der Waals surface area contributed by atoms with Gasteiger partial charge in [0.2, 0.25) is 5.91 Å².